The highest BCUT2D eigenvalue weighted by atomic mass is 16.5. The number of ether oxygens (including phenoxy) is 1. The third-order valence-electron chi connectivity index (χ3n) is 2.25. The lowest BCUT2D eigenvalue weighted by Gasteiger charge is -2.10. The molecule has 7 nitrogen and oxygen atoms in total. The minimum atomic E-state index is -1.65. The minimum Gasteiger partial charge on any atom is -0.497 e. The van der Waals surface area contributed by atoms with Crippen molar-refractivity contribution >= 4 is 17.6 Å². The Kier molecular flexibility index (Phi) is 4.50. The number of amides is 1. The van der Waals surface area contributed by atoms with Gasteiger partial charge in [0.1, 0.15) is 5.75 Å². The maximum absolute atomic E-state index is 11.7. The predicted molar refractivity (Wildman–Crippen MR) is 63.4 cm³/mol. The van der Waals surface area contributed by atoms with Crippen LogP contribution >= 0.6 is 0 Å². The van der Waals surface area contributed by atoms with Crippen molar-refractivity contribution in [3.63, 3.8) is 0 Å². The second kappa shape index (κ2) is 5.87. The average molecular weight is 254 g/mol. The van der Waals surface area contributed by atoms with E-state index in [4.69, 9.17) is 20.7 Å². The van der Waals surface area contributed by atoms with Crippen LogP contribution in [-0.2, 0) is 4.79 Å². The van der Waals surface area contributed by atoms with Crippen molar-refractivity contribution in [2.24, 2.45) is 0 Å². The lowest BCUT2D eigenvalue weighted by molar-refractivity contribution is -0.146. The zero-order chi connectivity index (χ0) is 13.7. The Hall–Kier alpha value is -2.28. The first-order valence-electron chi connectivity index (χ1n) is 5.08. The Balaban J connectivity index is 2.75. The Labute approximate surface area is 103 Å². The molecule has 0 aliphatic carbocycles. The van der Waals surface area contributed by atoms with Gasteiger partial charge in [-0.15, -0.1) is 0 Å². The van der Waals surface area contributed by atoms with E-state index in [1.54, 1.807) is 6.07 Å². The number of hydrogen-bond acceptors (Lipinski definition) is 5. The van der Waals surface area contributed by atoms with Gasteiger partial charge in [0.2, 0.25) is 0 Å². The van der Waals surface area contributed by atoms with Gasteiger partial charge in [-0.25, -0.2) is 4.79 Å². The fraction of sp³-hybridized carbons (Fsp3) is 0.273. The molecule has 1 rings (SSSR count). The number of aliphatic carboxylic acids is 1. The first-order valence-corrected chi connectivity index (χ1v) is 5.08. The SMILES string of the molecule is COc1ccc(N)c(C(=O)NC[C@H](O)C(=O)O)c1. The van der Waals surface area contributed by atoms with E-state index in [0.29, 0.717) is 5.75 Å². The van der Waals surface area contributed by atoms with Gasteiger partial charge >= 0.3 is 5.97 Å². The summed E-state index contributed by atoms with van der Waals surface area (Å²) >= 11 is 0. The van der Waals surface area contributed by atoms with E-state index >= 15 is 0 Å². The Morgan fingerprint density at radius 2 is 2.17 bits per heavy atom. The second-order valence-electron chi connectivity index (χ2n) is 3.52. The molecule has 0 heterocycles. The van der Waals surface area contributed by atoms with Crippen LogP contribution in [0.2, 0.25) is 0 Å². The molecule has 1 atom stereocenters. The van der Waals surface area contributed by atoms with Gasteiger partial charge in [0.25, 0.3) is 5.91 Å². The van der Waals surface area contributed by atoms with Gasteiger partial charge < -0.3 is 26.0 Å². The number of carboxylic acid groups (broad SMARTS) is 1. The average Bonchev–Trinajstić information content (AvgIpc) is 2.35. The third kappa shape index (κ3) is 3.36. The molecule has 1 aromatic carbocycles. The quantitative estimate of drug-likeness (QED) is 0.523. The lowest BCUT2D eigenvalue weighted by atomic mass is 10.1. The van der Waals surface area contributed by atoms with E-state index in [0.717, 1.165) is 0 Å². The summed E-state index contributed by atoms with van der Waals surface area (Å²) in [6, 6.07) is 4.53. The first-order chi connectivity index (χ1) is 8.45. The molecule has 0 aromatic heterocycles. The number of anilines is 1. The second-order valence-corrected chi connectivity index (χ2v) is 3.52. The number of rotatable bonds is 5. The summed E-state index contributed by atoms with van der Waals surface area (Å²) in [5.74, 6) is -1.53. The molecule has 0 aliphatic heterocycles. The molecule has 98 valence electrons. The highest BCUT2D eigenvalue weighted by Gasteiger charge is 2.16. The van der Waals surface area contributed by atoms with Gasteiger partial charge in [0.05, 0.1) is 19.2 Å². The highest BCUT2D eigenvalue weighted by molar-refractivity contribution is 5.99. The van der Waals surface area contributed by atoms with Crippen LogP contribution in [0, 0.1) is 0 Å². The van der Waals surface area contributed by atoms with Gasteiger partial charge in [0, 0.05) is 5.69 Å². The van der Waals surface area contributed by atoms with Gasteiger partial charge in [-0.05, 0) is 18.2 Å². The molecule has 0 saturated carbocycles. The van der Waals surface area contributed by atoms with Crippen LogP contribution in [0.1, 0.15) is 10.4 Å². The molecule has 0 radical (unpaired) electrons. The molecule has 0 unspecified atom stereocenters. The third-order valence-corrected chi connectivity index (χ3v) is 2.25. The summed E-state index contributed by atoms with van der Waals surface area (Å²) in [5, 5.41) is 19.7. The molecule has 7 heteroatoms. The molecule has 18 heavy (non-hydrogen) atoms. The molecule has 1 amide bonds. The topological polar surface area (TPSA) is 122 Å². The van der Waals surface area contributed by atoms with Crippen LogP contribution in [-0.4, -0.2) is 41.8 Å². The van der Waals surface area contributed by atoms with Gasteiger partial charge in [0.15, 0.2) is 6.10 Å². The summed E-state index contributed by atoms with van der Waals surface area (Å²) in [5.41, 5.74) is 6.01. The molecule has 0 aliphatic rings. The van der Waals surface area contributed by atoms with Crippen molar-refractivity contribution in [3.8, 4) is 5.75 Å². The van der Waals surface area contributed by atoms with Crippen molar-refractivity contribution in [3.05, 3.63) is 23.8 Å². The largest absolute Gasteiger partial charge is 0.497 e. The Morgan fingerprint density at radius 3 is 2.72 bits per heavy atom. The number of benzene rings is 1. The number of hydrogen-bond donors (Lipinski definition) is 4. The smallest absolute Gasteiger partial charge is 0.334 e. The molecular formula is C11H14N2O5. The fourth-order valence-corrected chi connectivity index (χ4v) is 1.23. The van der Waals surface area contributed by atoms with Crippen LogP contribution in [0.25, 0.3) is 0 Å². The standard InChI is InChI=1S/C11H14N2O5/c1-18-6-2-3-8(12)7(4-6)10(15)13-5-9(14)11(16)17/h2-4,9,14H,5,12H2,1H3,(H,13,15)(H,16,17)/t9-/m0/s1. The fourth-order valence-electron chi connectivity index (χ4n) is 1.23. The number of aliphatic hydroxyl groups excluding tert-OH is 1. The van der Waals surface area contributed by atoms with E-state index < -0.39 is 24.5 Å². The number of methoxy groups -OCH3 is 1. The number of carbonyl (C=O) groups is 2. The Bertz CT molecular complexity index is 461. The summed E-state index contributed by atoms with van der Waals surface area (Å²) < 4.78 is 4.94. The predicted octanol–water partition coefficient (Wildman–Crippen LogP) is -0.547. The number of aliphatic hydroxyl groups is 1. The monoisotopic (exact) mass is 254 g/mol. The van der Waals surface area contributed by atoms with Crippen molar-refractivity contribution in [2.45, 2.75) is 6.10 Å². The first kappa shape index (κ1) is 13.8. The van der Waals surface area contributed by atoms with Crippen molar-refractivity contribution in [1.82, 2.24) is 5.32 Å². The van der Waals surface area contributed by atoms with Gasteiger partial charge in [-0.2, -0.15) is 0 Å². The van der Waals surface area contributed by atoms with Crippen molar-refractivity contribution < 1.29 is 24.5 Å². The molecule has 0 bridgehead atoms. The van der Waals surface area contributed by atoms with E-state index in [1.807, 2.05) is 0 Å². The summed E-state index contributed by atoms with van der Waals surface area (Å²) in [7, 11) is 1.45. The van der Waals surface area contributed by atoms with Crippen LogP contribution in [0.3, 0.4) is 0 Å². The van der Waals surface area contributed by atoms with E-state index in [1.165, 1.54) is 19.2 Å². The molecule has 1 aromatic rings. The number of nitrogen functional groups attached to an aromatic ring is 1. The van der Waals surface area contributed by atoms with Gasteiger partial charge in [-0.3, -0.25) is 4.79 Å². The number of carboxylic acids is 1. The van der Waals surface area contributed by atoms with Crippen LogP contribution in [0.4, 0.5) is 5.69 Å². The van der Waals surface area contributed by atoms with Crippen LogP contribution < -0.4 is 15.8 Å². The summed E-state index contributed by atoms with van der Waals surface area (Å²) in [6.07, 6.45) is -1.65. The molecule has 0 fully saturated rings. The molecular weight excluding hydrogens is 240 g/mol. The van der Waals surface area contributed by atoms with E-state index in [9.17, 15) is 9.59 Å². The van der Waals surface area contributed by atoms with E-state index in [2.05, 4.69) is 5.32 Å². The van der Waals surface area contributed by atoms with Gasteiger partial charge in [-0.1, -0.05) is 0 Å². The molecule has 0 saturated heterocycles. The zero-order valence-corrected chi connectivity index (χ0v) is 9.71. The molecule has 5 N–H and O–H groups in total. The normalized spacial score (nSPS) is 11.7. The number of nitrogens with two attached hydrogens (primary N) is 1. The van der Waals surface area contributed by atoms with Crippen LogP contribution in [0.15, 0.2) is 18.2 Å². The molecule has 0 spiro atoms. The van der Waals surface area contributed by atoms with E-state index in [-0.39, 0.29) is 11.3 Å². The minimum absolute atomic E-state index is 0.159. The summed E-state index contributed by atoms with van der Waals surface area (Å²) in [6.45, 7) is -0.398. The maximum Gasteiger partial charge on any atom is 0.334 e. The lowest BCUT2D eigenvalue weighted by Crippen LogP contribution is -2.36. The van der Waals surface area contributed by atoms with Crippen molar-refractivity contribution in [1.29, 1.82) is 0 Å². The zero-order valence-electron chi connectivity index (χ0n) is 9.71. The van der Waals surface area contributed by atoms with Crippen LogP contribution in [0.5, 0.6) is 5.75 Å². The summed E-state index contributed by atoms with van der Waals surface area (Å²) in [4.78, 5) is 22.1. The maximum atomic E-state index is 11.7. The number of carbonyl (C=O) groups excluding carboxylic acids is 1. The Morgan fingerprint density at radius 1 is 1.50 bits per heavy atom. The highest BCUT2D eigenvalue weighted by Crippen LogP contribution is 2.19. The van der Waals surface area contributed by atoms with Crippen molar-refractivity contribution in [2.75, 3.05) is 19.4 Å². The number of nitrogens with one attached hydrogen (secondary N) is 1.